The monoisotopic (exact) mass is 649 g/mol. The van der Waals surface area contributed by atoms with Crippen LogP contribution in [0.25, 0.3) is 22.2 Å². The number of pyridine rings is 1. The van der Waals surface area contributed by atoms with Crippen molar-refractivity contribution in [3.8, 4) is 34.3 Å². The number of benzene rings is 3. The zero-order valence-electron chi connectivity index (χ0n) is 28.2. The third-order valence-electron chi connectivity index (χ3n) is 8.31. The Morgan fingerprint density at radius 3 is 2.42 bits per heavy atom. The molecular weight excluding hydrogens is 606 g/mol. The molecule has 0 spiro atoms. The van der Waals surface area contributed by atoms with E-state index < -0.39 is 5.60 Å². The maximum Gasteiger partial charge on any atom is 0.410 e. The fourth-order valence-corrected chi connectivity index (χ4v) is 6.03. The van der Waals surface area contributed by atoms with Crippen molar-refractivity contribution in [2.24, 2.45) is 5.92 Å². The fraction of sp³-hybridized carbons (Fsp3) is 0.342. The highest BCUT2D eigenvalue weighted by Crippen LogP contribution is 2.36. The predicted octanol–water partition coefficient (Wildman–Crippen LogP) is 8.17. The van der Waals surface area contributed by atoms with E-state index in [1.807, 2.05) is 111 Å². The lowest BCUT2D eigenvalue weighted by molar-refractivity contribution is 0.0156. The molecule has 0 unspecified atom stereocenters. The highest BCUT2D eigenvalue weighted by atomic mass is 16.6. The predicted molar refractivity (Wildman–Crippen MR) is 187 cm³/mol. The number of ether oxygens (including phenoxy) is 4. The zero-order valence-corrected chi connectivity index (χ0v) is 28.2. The molecule has 0 saturated carbocycles. The molecule has 3 heterocycles. The second-order valence-corrected chi connectivity index (χ2v) is 13.0. The van der Waals surface area contributed by atoms with Crippen LogP contribution < -0.4 is 19.5 Å². The van der Waals surface area contributed by atoms with Crippen LogP contribution in [0.3, 0.4) is 0 Å². The van der Waals surface area contributed by atoms with Gasteiger partial charge in [0.1, 0.15) is 40.1 Å². The van der Waals surface area contributed by atoms with E-state index in [0.717, 1.165) is 69.4 Å². The number of nitrogens with zero attached hydrogens (tertiary/aromatic N) is 4. The number of methoxy groups -OCH3 is 2. The molecule has 1 atom stereocenters. The zero-order chi connectivity index (χ0) is 33.7. The van der Waals surface area contributed by atoms with Crippen molar-refractivity contribution in [3.05, 3.63) is 90.6 Å². The topological polar surface area (TPSA) is 100.0 Å². The number of fused-ring (bicyclic) bond motifs is 1. The van der Waals surface area contributed by atoms with Gasteiger partial charge in [0.05, 0.1) is 25.1 Å². The Morgan fingerprint density at radius 1 is 0.938 bits per heavy atom. The SMILES string of the molecule is COc1ccc(CNc2nccc3c2c(-c2ccc(Oc4ccccc4)cc2)nn3C[C@@H]2CCCN(C(=O)OC(C)(C)C)C2)c(OC)c1. The number of para-hydroxylation sites is 1. The highest BCUT2D eigenvalue weighted by molar-refractivity contribution is 6.01. The summed E-state index contributed by atoms with van der Waals surface area (Å²) in [6.45, 7) is 8.14. The molecule has 5 aromatic rings. The molecule has 1 fully saturated rings. The molecule has 0 radical (unpaired) electrons. The molecule has 10 heteroatoms. The summed E-state index contributed by atoms with van der Waals surface area (Å²) in [4.78, 5) is 19.5. The van der Waals surface area contributed by atoms with E-state index in [-0.39, 0.29) is 12.0 Å². The minimum atomic E-state index is -0.537. The van der Waals surface area contributed by atoms with Gasteiger partial charge in [0.15, 0.2) is 0 Å². The van der Waals surface area contributed by atoms with Gasteiger partial charge in [-0.15, -0.1) is 0 Å². The molecular formula is C38H43N5O5. The van der Waals surface area contributed by atoms with E-state index in [1.165, 1.54) is 0 Å². The minimum absolute atomic E-state index is 0.219. The summed E-state index contributed by atoms with van der Waals surface area (Å²) in [5.41, 5.74) is 3.15. The van der Waals surface area contributed by atoms with Crippen LogP contribution in [0.15, 0.2) is 85.1 Å². The number of nitrogens with one attached hydrogen (secondary N) is 1. The lowest BCUT2D eigenvalue weighted by Gasteiger charge is -2.34. The van der Waals surface area contributed by atoms with Gasteiger partial charge < -0.3 is 29.2 Å². The van der Waals surface area contributed by atoms with E-state index >= 15 is 0 Å². The van der Waals surface area contributed by atoms with Gasteiger partial charge in [0.2, 0.25) is 0 Å². The number of aromatic nitrogens is 3. The number of hydrogen-bond acceptors (Lipinski definition) is 8. The van der Waals surface area contributed by atoms with Gasteiger partial charge in [-0.2, -0.15) is 5.10 Å². The third kappa shape index (κ3) is 7.65. The molecule has 6 rings (SSSR count). The van der Waals surface area contributed by atoms with Crippen LogP contribution in [0.4, 0.5) is 10.6 Å². The summed E-state index contributed by atoms with van der Waals surface area (Å²) in [6, 6.07) is 25.5. The summed E-state index contributed by atoms with van der Waals surface area (Å²) in [5, 5.41) is 9.66. The number of carbonyl (C=O) groups is 1. The number of amides is 1. The van der Waals surface area contributed by atoms with Crippen molar-refractivity contribution >= 4 is 22.8 Å². The first-order valence-electron chi connectivity index (χ1n) is 16.3. The molecule has 1 amide bonds. The van der Waals surface area contributed by atoms with Gasteiger partial charge in [-0.3, -0.25) is 4.68 Å². The van der Waals surface area contributed by atoms with E-state index in [9.17, 15) is 4.79 Å². The fourth-order valence-electron chi connectivity index (χ4n) is 6.03. The first-order chi connectivity index (χ1) is 23.2. The van der Waals surface area contributed by atoms with Gasteiger partial charge in [0.25, 0.3) is 0 Å². The average molecular weight is 650 g/mol. The number of anilines is 1. The first kappa shape index (κ1) is 32.7. The van der Waals surface area contributed by atoms with Crippen molar-refractivity contribution in [3.63, 3.8) is 0 Å². The summed E-state index contributed by atoms with van der Waals surface area (Å²) in [5.74, 6) is 3.91. The molecule has 2 aromatic heterocycles. The number of hydrogen-bond donors (Lipinski definition) is 1. The second-order valence-electron chi connectivity index (χ2n) is 13.0. The van der Waals surface area contributed by atoms with E-state index in [4.69, 9.17) is 29.0 Å². The standard InChI is InChI=1S/C38H43N5O5/c1-38(2,3)48-37(44)42-21-9-10-26(24-42)25-43-32-19-20-39-36(40-23-28-15-18-31(45-4)22-33(28)46-5)34(32)35(41-43)27-13-16-30(17-14-27)47-29-11-7-6-8-12-29/h6-8,11-20,22,26H,9-10,21,23-25H2,1-5H3,(H,39,40)/t26-/m1/s1. The van der Waals surface area contributed by atoms with Gasteiger partial charge in [-0.05, 0) is 94.1 Å². The molecule has 3 aromatic carbocycles. The van der Waals surface area contributed by atoms with Crippen LogP contribution in [0.1, 0.15) is 39.2 Å². The van der Waals surface area contributed by atoms with Crippen LogP contribution in [0.5, 0.6) is 23.0 Å². The van der Waals surface area contributed by atoms with Crippen LogP contribution in [0, 0.1) is 5.92 Å². The van der Waals surface area contributed by atoms with Crippen molar-refractivity contribution < 1.29 is 23.7 Å². The van der Waals surface area contributed by atoms with Crippen LogP contribution in [-0.4, -0.2) is 58.7 Å². The molecule has 48 heavy (non-hydrogen) atoms. The van der Waals surface area contributed by atoms with E-state index in [1.54, 1.807) is 14.2 Å². The lowest BCUT2D eigenvalue weighted by Crippen LogP contribution is -2.43. The quantitative estimate of drug-likeness (QED) is 0.162. The molecule has 1 aliphatic heterocycles. The second kappa shape index (κ2) is 14.3. The van der Waals surface area contributed by atoms with Crippen molar-refractivity contribution in [1.82, 2.24) is 19.7 Å². The Balaban J connectivity index is 1.32. The third-order valence-corrected chi connectivity index (χ3v) is 8.31. The van der Waals surface area contributed by atoms with Crippen LogP contribution in [0.2, 0.25) is 0 Å². The maximum atomic E-state index is 12.9. The van der Waals surface area contributed by atoms with Gasteiger partial charge in [0, 0.05) is 49.6 Å². The lowest BCUT2D eigenvalue weighted by atomic mass is 9.98. The normalized spacial score (nSPS) is 14.9. The van der Waals surface area contributed by atoms with Gasteiger partial charge in [-0.25, -0.2) is 9.78 Å². The number of piperidine rings is 1. The summed E-state index contributed by atoms with van der Waals surface area (Å²) >= 11 is 0. The molecule has 1 saturated heterocycles. The number of rotatable bonds is 10. The highest BCUT2D eigenvalue weighted by Gasteiger charge is 2.29. The average Bonchev–Trinajstić information content (AvgIpc) is 3.46. The van der Waals surface area contributed by atoms with Crippen molar-refractivity contribution in [2.75, 3.05) is 32.6 Å². The van der Waals surface area contributed by atoms with Gasteiger partial charge in [-0.1, -0.05) is 18.2 Å². The van der Waals surface area contributed by atoms with Gasteiger partial charge >= 0.3 is 6.09 Å². The Morgan fingerprint density at radius 2 is 1.69 bits per heavy atom. The molecule has 0 aliphatic carbocycles. The largest absolute Gasteiger partial charge is 0.497 e. The summed E-state index contributed by atoms with van der Waals surface area (Å²) < 4.78 is 24.8. The Bertz CT molecular complexity index is 1850. The molecule has 250 valence electrons. The number of likely N-dealkylation sites (tertiary alicyclic amines) is 1. The van der Waals surface area contributed by atoms with Crippen LogP contribution >= 0.6 is 0 Å². The van der Waals surface area contributed by atoms with E-state index in [2.05, 4.69) is 10.00 Å². The summed E-state index contributed by atoms with van der Waals surface area (Å²) in [7, 11) is 3.29. The minimum Gasteiger partial charge on any atom is -0.497 e. The Kier molecular flexibility index (Phi) is 9.70. The summed E-state index contributed by atoms with van der Waals surface area (Å²) in [6.07, 6.45) is 3.45. The van der Waals surface area contributed by atoms with E-state index in [0.29, 0.717) is 26.2 Å². The van der Waals surface area contributed by atoms with Crippen molar-refractivity contribution in [2.45, 2.75) is 52.3 Å². The molecule has 10 nitrogen and oxygen atoms in total. The molecule has 1 N–H and O–H groups in total. The maximum absolute atomic E-state index is 12.9. The van der Waals surface area contributed by atoms with Crippen LogP contribution in [-0.2, 0) is 17.8 Å². The number of carbonyl (C=O) groups excluding carboxylic acids is 1. The molecule has 0 bridgehead atoms. The first-order valence-corrected chi connectivity index (χ1v) is 16.3. The smallest absolute Gasteiger partial charge is 0.410 e. The molecule has 1 aliphatic rings. The Hall–Kier alpha value is -5.25. The Labute approximate surface area is 281 Å². The van der Waals surface area contributed by atoms with Crippen molar-refractivity contribution in [1.29, 1.82) is 0 Å².